The van der Waals surface area contributed by atoms with Gasteiger partial charge in [0.2, 0.25) is 0 Å². The van der Waals surface area contributed by atoms with Gasteiger partial charge in [0, 0.05) is 0 Å². The summed E-state index contributed by atoms with van der Waals surface area (Å²) in [5.74, 6) is -3.24. The van der Waals surface area contributed by atoms with E-state index >= 15 is 0 Å². The molecule has 5 heteroatoms. The molecule has 25 heavy (non-hydrogen) atoms. The number of rotatable bonds is 18. The van der Waals surface area contributed by atoms with Gasteiger partial charge in [0.25, 0.3) is 0 Å². The van der Waals surface area contributed by atoms with Crippen molar-refractivity contribution >= 4 is 11.9 Å². The highest BCUT2D eigenvalue weighted by Gasteiger charge is 2.27. The molecular weight excluding hydrogens is 320 g/mol. The van der Waals surface area contributed by atoms with Crippen molar-refractivity contribution in [1.29, 1.82) is 0 Å². The van der Waals surface area contributed by atoms with Gasteiger partial charge in [0.1, 0.15) is 0 Å². The van der Waals surface area contributed by atoms with Gasteiger partial charge >= 0.3 is 11.9 Å². The zero-order valence-electron chi connectivity index (χ0n) is 15.9. The molecule has 0 amide bonds. The zero-order valence-corrected chi connectivity index (χ0v) is 15.9. The van der Waals surface area contributed by atoms with Crippen molar-refractivity contribution in [3.8, 4) is 0 Å². The highest BCUT2D eigenvalue weighted by Crippen LogP contribution is 2.18. The Balaban J connectivity index is 3.52. The van der Waals surface area contributed by atoms with Gasteiger partial charge in [-0.15, -0.1) is 0 Å². The maximum atomic E-state index is 11.1. The molecule has 0 spiro atoms. The number of aliphatic carboxylic acids is 2. The average molecular weight is 359 g/mol. The molecule has 5 nitrogen and oxygen atoms in total. The number of carboxylic acids is 2. The molecule has 0 bridgehead atoms. The molecule has 0 radical (unpaired) electrons. The Bertz CT molecular complexity index is 343. The second kappa shape index (κ2) is 16.4. The molecule has 148 valence electrons. The molecule has 0 aromatic heterocycles. The lowest BCUT2D eigenvalue weighted by atomic mass is 9.93. The summed E-state index contributed by atoms with van der Waals surface area (Å²) in [7, 11) is 0. The molecule has 3 N–H and O–H groups in total. The summed E-state index contributed by atoms with van der Waals surface area (Å²) in [6.45, 7) is 2.24. The summed E-state index contributed by atoms with van der Waals surface area (Å²) in [4.78, 5) is 21.7. The molecule has 0 aliphatic heterocycles. The van der Waals surface area contributed by atoms with E-state index in [4.69, 9.17) is 10.2 Å². The van der Waals surface area contributed by atoms with Crippen molar-refractivity contribution in [1.82, 2.24) is 0 Å². The molecule has 0 saturated carbocycles. The average Bonchev–Trinajstić information content (AvgIpc) is 2.54. The standard InChI is InChI=1S/C20H38O5/c1-2-3-4-5-6-7-8-9-10-11-12-13-14-15-17(20(24)25)18(21)16-19(22)23/h17-18,21H,2-16H2,1H3,(H,22,23)(H,24,25). The molecule has 0 aromatic carbocycles. The Labute approximate surface area is 152 Å². The lowest BCUT2D eigenvalue weighted by Gasteiger charge is -2.17. The Hall–Kier alpha value is -1.10. The highest BCUT2D eigenvalue weighted by atomic mass is 16.4. The van der Waals surface area contributed by atoms with Crippen LogP contribution in [0.2, 0.25) is 0 Å². The van der Waals surface area contributed by atoms with Crippen LogP contribution in [-0.2, 0) is 9.59 Å². The van der Waals surface area contributed by atoms with Gasteiger partial charge in [-0.3, -0.25) is 9.59 Å². The topological polar surface area (TPSA) is 94.8 Å². The van der Waals surface area contributed by atoms with Crippen LogP contribution >= 0.6 is 0 Å². The molecular formula is C20H38O5. The molecule has 2 unspecified atom stereocenters. The Morgan fingerprint density at radius 2 is 1.12 bits per heavy atom. The van der Waals surface area contributed by atoms with E-state index in [0.29, 0.717) is 6.42 Å². The number of hydrogen-bond acceptors (Lipinski definition) is 3. The van der Waals surface area contributed by atoms with Crippen LogP contribution in [0.1, 0.15) is 103 Å². The van der Waals surface area contributed by atoms with Gasteiger partial charge < -0.3 is 15.3 Å². The van der Waals surface area contributed by atoms with Gasteiger partial charge in [0.05, 0.1) is 18.4 Å². The monoisotopic (exact) mass is 358 g/mol. The molecule has 0 aromatic rings. The molecule has 0 heterocycles. The third-order valence-corrected chi connectivity index (χ3v) is 4.78. The van der Waals surface area contributed by atoms with Gasteiger partial charge in [-0.1, -0.05) is 90.4 Å². The maximum absolute atomic E-state index is 11.1. The predicted octanol–water partition coefficient (Wildman–Crippen LogP) is 5.00. The van der Waals surface area contributed by atoms with Crippen LogP contribution in [0.15, 0.2) is 0 Å². The number of carboxylic acid groups (broad SMARTS) is 2. The van der Waals surface area contributed by atoms with Crippen LogP contribution in [0.4, 0.5) is 0 Å². The number of aliphatic hydroxyl groups excluding tert-OH is 1. The minimum absolute atomic E-state index is 0.349. The molecule has 0 aliphatic carbocycles. The van der Waals surface area contributed by atoms with E-state index in [1.54, 1.807) is 0 Å². The second-order valence-electron chi connectivity index (χ2n) is 7.14. The number of carbonyl (C=O) groups is 2. The first kappa shape index (κ1) is 23.9. The van der Waals surface area contributed by atoms with E-state index in [1.807, 2.05) is 0 Å². The van der Waals surface area contributed by atoms with E-state index in [-0.39, 0.29) is 0 Å². The van der Waals surface area contributed by atoms with Crippen LogP contribution in [0.25, 0.3) is 0 Å². The predicted molar refractivity (Wildman–Crippen MR) is 99.7 cm³/mol. The van der Waals surface area contributed by atoms with Crippen LogP contribution in [0.3, 0.4) is 0 Å². The third kappa shape index (κ3) is 14.9. The molecule has 0 fully saturated rings. The molecule has 2 atom stereocenters. The summed E-state index contributed by atoms with van der Waals surface area (Å²) in [6, 6.07) is 0. The first-order chi connectivity index (χ1) is 12.0. The van der Waals surface area contributed by atoms with Crippen molar-refractivity contribution in [2.75, 3.05) is 0 Å². The summed E-state index contributed by atoms with van der Waals surface area (Å²) < 4.78 is 0. The highest BCUT2D eigenvalue weighted by molar-refractivity contribution is 5.73. The summed E-state index contributed by atoms with van der Waals surface area (Å²) in [5, 5.41) is 27.4. The van der Waals surface area contributed by atoms with Gasteiger partial charge in [-0.05, 0) is 6.42 Å². The number of aliphatic hydroxyl groups is 1. The lowest BCUT2D eigenvalue weighted by molar-refractivity contribution is -0.148. The van der Waals surface area contributed by atoms with Gasteiger partial charge in [0.15, 0.2) is 0 Å². The first-order valence-corrected chi connectivity index (χ1v) is 10.1. The van der Waals surface area contributed by atoms with Crippen LogP contribution < -0.4 is 0 Å². The van der Waals surface area contributed by atoms with E-state index in [1.165, 1.54) is 64.2 Å². The molecule has 0 saturated heterocycles. The third-order valence-electron chi connectivity index (χ3n) is 4.78. The van der Waals surface area contributed by atoms with Crippen molar-refractivity contribution in [3.63, 3.8) is 0 Å². The van der Waals surface area contributed by atoms with Crippen LogP contribution in [-0.4, -0.2) is 33.4 Å². The van der Waals surface area contributed by atoms with Crippen LogP contribution in [0.5, 0.6) is 0 Å². The zero-order chi connectivity index (χ0) is 18.9. The summed E-state index contributed by atoms with van der Waals surface area (Å²) in [6.07, 6.45) is 14.4. The van der Waals surface area contributed by atoms with E-state index in [0.717, 1.165) is 19.3 Å². The quantitative estimate of drug-likeness (QED) is 0.300. The van der Waals surface area contributed by atoms with Gasteiger partial charge in [-0.2, -0.15) is 0 Å². The van der Waals surface area contributed by atoms with E-state index < -0.39 is 30.4 Å². The smallest absolute Gasteiger partial charge is 0.309 e. The summed E-state index contributed by atoms with van der Waals surface area (Å²) in [5.41, 5.74) is 0. The van der Waals surface area contributed by atoms with Gasteiger partial charge in [-0.25, -0.2) is 0 Å². The number of unbranched alkanes of at least 4 members (excludes halogenated alkanes) is 12. The fourth-order valence-electron chi connectivity index (χ4n) is 3.18. The first-order valence-electron chi connectivity index (χ1n) is 10.1. The Morgan fingerprint density at radius 1 is 0.720 bits per heavy atom. The minimum atomic E-state index is -1.30. The Morgan fingerprint density at radius 3 is 1.48 bits per heavy atom. The van der Waals surface area contributed by atoms with Crippen molar-refractivity contribution in [3.05, 3.63) is 0 Å². The van der Waals surface area contributed by atoms with Crippen LogP contribution in [0, 0.1) is 5.92 Å². The van der Waals surface area contributed by atoms with Crippen molar-refractivity contribution in [2.24, 2.45) is 5.92 Å². The fourth-order valence-corrected chi connectivity index (χ4v) is 3.18. The normalized spacial score (nSPS) is 13.5. The molecule has 0 aliphatic rings. The second-order valence-corrected chi connectivity index (χ2v) is 7.14. The van der Waals surface area contributed by atoms with E-state index in [9.17, 15) is 14.7 Å². The molecule has 0 rings (SSSR count). The van der Waals surface area contributed by atoms with E-state index in [2.05, 4.69) is 6.92 Å². The van der Waals surface area contributed by atoms with Crippen molar-refractivity contribution < 1.29 is 24.9 Å². The van der Waals surface area contributed by atoms with Crippen molar-refractivity contribution in [2.45, 2.75) is 109 Å². The summed E-state index contributed by atoms with van der Waals surface area (Å²) >= 11 is 0. The lowest BCUT2D eigenvalue weighted by Crippen LogP contribution is -2.30. The number of hydrogen-bond donors (Lipinski definition) is 3. The SMILES string of the molecule is CCCCCCCCCCCCCCCC(C(=O)O)C(O)CC(=O)O. The fraction of sp³-hybridized carbons (Fsp3) is 0.900. The largest absolute Gasteiger partial charge is 0.481 e. The minimum Gasteiger partial charge on any atom is -0.481 e. The maximum Gasteiger partial charge on any atom is 0.309 e. The Kier molecular flexibility index (Phi) is 15.7.